The van der Waals surface area contributed by atoms with E-state index < -0.39 is 6.23 Å². The van der Waals surface area contributed by atoms with Crippen molar-refractivity contribution in [1.29, 1.82) is 0 Å². The highest BCUT2D eigenvalue weighted by Gasteiger charge is 2.36. The van der Waals surface area contributed by atoms with Crippen LogP contribution in [0.15, 0.2) is 54.6 Å². The van der Waals surface area contributed by atoms with E-state index in [2.05, 4.69) is 17.0 Å². The van der Waals surface area contributed by atoms with Gasteiger partial charge in [-0.05, 0) is 32.1 Å². The maximum absolute atomic E-state index is 12.6. The monoisotopic (exact) mass is 310 g/mol. The highest BCUT2D eigenvalue weighted by Crippen LogP contribution is 2.31. The number of hydrogen-bond acceptors (Lipinski definition) is 3. The lowest BCUT2D eigenvalue weighted by atomic mass is 10.0. The molecular weight excluding hydrogens is 288 g/mol. The molecule has 1 heterocycles. The maximum atomic E-state index is 12.6. The van der Waals surface area contributed by atoms with Crippen LogP contribution in [-0.4, -0.2) is 47.5 Å². The van der Waals surface area contributed by atoms with Gasteiger partial charge in [-0.3, -0.25) is 4.79 Å². The van der Waals surface area contributed by atoms with Gasteiger partial charge >= 0.3 is 0 Å². The molecule has 0 spiro atoms. The van der Waals surface area contributed by atoms with Crippen LogP contribution in [0.5, 0.6) is 0 Å². The zero-order chi connectivity index (χ0) is 16.4. The molecule has 1 unspecified atom stereocenters. The highest BCUT2D eigenvalue weighted by molar-refractivity contribution is 5.98. The summed E-state index contributed by atoms with van der Waals surface area (Å²) in [7, 11) is 4.02. The largest absolute Gasteiger partial charge is 0.369 e. The Morgan fingerprint density at radius 1 is 1.09 bits per heavy atom. The van der Waals surface area contributed by atoms with Gasteiger partial charge < -0.3 is 14.9 Å². The predicted molar refractivity (Wildman–Crippen MR) is 90.1 cm³/mol. The van der Waals surface area contributed by atoms with Crippen molar-refractivity contribution in [2.75, 3.05) is 20.6 Å². The molecular formula is C19H22N2O2. The van der Waals surface area contributed by atoms with Crippen molar-refractivity contribution in [3.8, 4) is 0 Å². The van der Waals surface area contributed by atoms with Gasteiger partial charge in [0.25, 0.3) is 5.91 Å². The number of carbonyl (C=O) groups is 1. The SMILES string of the molecule is CN(C)[C@@H](Cc1ccccc1)CN1C(=O)c2ccccc2C1O. The molecule has 2 atom stereocenters. The quantitative estimate of drug-likeness (QED) is 0.921. The predicted octanol–water partition coefficient (Wildman–Crippen LogP) is 2.31. The van der Waals surface area contributed by atoms with Crippen molar-refractivity contribution in [2.45, 2.75) is 18.7 Å². The molecule has 0 saturated heterocycles. The first-order valence-corrected chi connectivity index (χ1v) is 7.86. The normalized spacial score (nSPS) is 18.3. The lowest BCUT2D eigenvalue weighted by Gasteiger charge is -2.31. The first kappa shape index (κ1) is 15.7. The van der Waals surface area contributed by atoms with Crippen LogP contribution < -0.4 is 0 Å². The molecule has 0 bridgehead atoms. The van der Waals surface area contributed by atoms with Gasteiger partial charge in [-0.1, -0.05) is 48.5 Å². The first-order valence-electron chi connectivity index (χ1n) is 7.86. The Kier molecular flexibility index (Phi) is 4.46. The molecule has 1 aliphatic heterocycles. The molecule has 120 valence electrons. The molecule has 1 aliphatic rings. The third-order valence-corrected chi connectivity index (χ3v) is 4.48. The Hall–Kier alpha value is -2.17. The summed E-state index contributed by atoms with van der Waals surface area (Å²) in [6.45, 7) is 0.497. The second-order valence-electron chi connectivity index (χ2n) is 6.23. The summed E-state index contributed by atoms with van der Waals surface area (Å²) in [5.74, 6) is -0.0898. The minimum atomic E-state index is -0.850. The van der Waals surface area contributed by atoms with Crippen molar-refractivity contribution in [2.24, 2.45) is 0 Å². The third-order valence-electron chi connectivity index (χ3n) is 4.48. The first-order chi connectivity index (χ1) is 11.1. The fourth-order valence-electron chi connectivity index (χ4n) is 3.06. The molecule has 23 heavy (non-hydrogen) atoms. The zero-order valence-electron chi connectivity index (χ0n) is 13.5. The van der Waals surface area contributed by atoms with E-state index in [4.69, 9.17) is 0 Å². The van der Waals surface area contributed by atoms with Gasteiger partial charge in [0.05, 0.1) is 0 Å². The summed E-state index contributed by atoms with van der Waals surface area (Å²) in [6, 6.07) is 17.7. The number of aliphatic hydroxyl groups excluding tert-OH is 1. The van der Waals surface area contributed by atoms with Crippen LogP contribution in [0, 0.1) is 0 Å². The third kappa shape index (κ3) is 3.14. The van der Waals surface area contributed by atoms with Crippen molar-refractivity contribution < 1.29 is 9.90 Å². The van der Waals surface area contributed by atoms with Gasteiger partial charge in [0.1, 0.15) is 0 Å². The van der Waals surface area contributed by atoms with Gasteiger partial charge in [-0.15, -0.1) is 0 Å². The molecule has 4 nitrogen and oxygen atoms in total. The second kappa shape index (κ2) is 6.52. The molecule has 2 aromatic carbocycles. The van der Waals surface area contributed by atoms with Crippen LogP contribution in [0.1, 0.15) is 27.7 Å². The highest BCUT2D eigenvalue weighted by atomic mass is 16.3. The number of amides is 1. The summed E-state index contributed by atoms with van der Waals surface area (Å²) in [6.07, 6.45) is -0.0161. The van der Waals surface area contributed by atoms with Crippen LogP contribution in [0.2, 0.25) is 0 Å². The molecule has 0 aliphatic carbocycles. The average molecular weight is 310 g/mol. The van der Waals surface area contributed by atoms with Crippen LogP contribution in [0.3, 0.4) is 0 Å². The van der Waals surface area contributed by atoms with Crippen LogP contribution in [0.4, 0.5) is 0 Å². The molecule has 0 fully saturated rings. The Balaban J connectivity index is 1.78. The second-order valence-corrected chi connectivity index (χ2v) is 6.23. The molecule has 2 aromatic rings. The molecule has 0 saturated carbocycles. The topological polar surface area (TPSA) is 43.8 Å². The Morgan fingerprint density at radius 3 is 2.39 bits per heavy atom. The smallest absolute Gasteiger partial charge is 0.256 e. The number of hydrogen-bond donors (Lipinski definition) is 1. The van der Waals surface area contributed by atoms with Gasteiger partial charge in [-0.2, -0.15) is 0 Å². The van der Waals surface area contributed by atoms with E-state index in [9.17, 15) is 9.90 Å². The van der Waals surface area contributed by atoms with Crippen LogP contribution in [0.25, 0.3) is 0 Å². The van der Waals surface area contributed by atoms with E-state index in [0.29, 0.717) is 17.7 Å². The average Bonchev–Trinajstić information content (AvgIpc) is 2.80. The fourth-order valence-corrected chi connectivity index (χ4v) is 3.06. The number of nitrogens with zero attached hydrogens (tertiary/aromatic N) is 2. The number of likely N-dealkylation sites (N-methyl/N-ethyl adjacent to an activating group) is 1. The van der Waals surface area contributed by atoms with E-state index in [-0.39, 0.29) is 11.9 Å². The van der Waals surface area contributed by atoms with Crippen molar-refractivity contribution in [1.82, 2.24) is 9.80 Å². The van der Waals surface area contributed by atoms with Crippen LogP contribution in [-0.2, 0) is 6.42 Å². The molecule has 0 radical (unpaired) electrons. The number of carbonyl (C=O) groups excluding carboxylic acids is 1. The van der Waals surface area contributed by atoms with E-state index in [1.54, 1.807) is 11.0 Å². The van der Waals surface area contributed by atoms with E-state index in [1.165, 1.54) is 5.56 Å². The summed E-state index contributed by atoms with van der Waals surface area (Å²) in [4.78, 5) is 16.2. The number of rotatable bonds is 5. The minimum absolute atomic E-state index is 0.0898. The van der Waals surface area contributed by atoms with Gasteiger partial charge in [0.15, 0.2) is 6.23 Å². The summed E-state index contributed by atoms with van der Waals surface area (Å²) >= 11 is 0. The zero-order valence-corrected chi connectivity index (χ0v) is 13.5. The van der Waals surface area contributed by atoms with Gasteiger partial charge in [-0.25, -0.2) is 0 Å². The molecule has 4 heteroatoms. The van der Waals surface area contributed by atoms with Crippen molar-refractivity contribution in [3.05, 3.63) is 71.3 Å². The van der Waals surface area contributed by atoms with Crippen molar-refractivity contribution >= 4 is 5.91 Å². The number of aliphatic hydroxyl groups is 1. The Bertz CT molecular complexity index is 685. The van der Waals surface area contributed by atoms with E-state index in [0.717, 1.165) is 6.42 Å². The number of benzene rings is 2. The molecule has 0 aromatic heterocycles. The van der Waals surface area contributed by atoms with Crippen molar-refractivity contribution in [3.63, 3.8) is 0 Å². The summed E-state index contributed by atoms with van der Waals surface area (Å²) in [5, 5.41) is 10.5. The molecule has 3 rings (SSSR count). The molecule has 1 amide bonds. The minimum Gasteiger partial charge on any atom is -0.369 e. The van der Waals surface area contributed by atoms with Gasteiger partial charge in [0.2, 0.25) is 0 Å². The van der Waals surface area contributed by atoms with Gasteiger partial charge in [0, 0.05) is 23.7 Å². The Labute approximate surface area is 137 Å². The van der Waals surface area contributed by atoms with E-state index >= 15 is 0 Å². The lowest BCUT2D eigenvalue weighted by Crippen LogP contribution is -2.43. The van der Waals surface area contributed by atoms with Crippen LogP contribution >= 0.6 is 0 Å². The summed E-state index contributed by atoms with van der Waals surface area (Å²) < 4.78 is 0. The summed E-state index contributed by atoms with van der Waals surface area (Å²) in [5.41, 5.74) is 2.54. The number of fused-ring (bicyclic) bond motifs is 1. The molecule has 1 N–H and O–H groups in total. The van der Waals surface area contributed by atoms with E-state index in [1.807, 2.05) is 50.5 Å². The maximum Gasteiger partial charge on any atom is 0.256 e. The fraction of sp³-hybridized carbons (Fsp3) is 0.316. The standard InChI is InChI=1S/C19H22N2O2/c1-20(2)15(12-14-8-4-3-5-9-14)13-21-18(22)16-10-6-7-11-17(16)19(21)23/h3-11,15,18,22H,12-13H2,1-2H3/t15-,18?/m0/s1. The Morgan fingerprint density at radius 2 is 1.74 bits per heavy atom. The lowest BCUT2D eigenvalue weighted by molar-refractivity contribution is 0.00761.